The standard InChI is InChI=1S/C10H14N2O2S/c13-10-6-14-5-4-12(10)3-1-2-9-7-15-8-11-9/h7-8H,1-6H2. The molecule has 0 radical (unpaired) electrons. The van der Waals surface area contributed by atoms with Gasteiger partial charge in [0.05, 0.1) is 17.8 Å². The second-order valence-corrected chi connectivity index (χ2v) is 4.24. The monoisotopic (exact) mass is 226 g/mol. The van der Waals surface area contributed by atoms with E-state index in [0.29, 0.717) is 6.61 Å². The molecule has 0 spiro atoms. The van der Waals surface area contributed by atoms with Crippen molar-refractivity contribution in [3.63, 3.8) is 0 Å². The van der Waals surface area contributed by atoms with Crippen molar-refractivity contribution in [3.05, 3.63) is 16.6 Å². The van der Waals surface area contributed by atoms with E-state index in [-0.39, 0.29) is 12.5 Å². The fraction of sp³-hybridized carbons (Fsp3) is 0.600. The van der Waals surface area contributed by atoms with Gasteiger partial charge < -0.3 is 9.64 Å². The van der Waals surface area contributed by atoms with Gasteiger partial charge in [-0.1, -0.05) is 0 Å². The van der Waals surface area contributed by atoms with Gasteiger partial charge in [0.1, 0.15) is 6.61 Å². The summed E-state index contributed by atoms with van der Waals surface area (Å²) < 4.78 is 5.06. The topological polar surface area (TPSA) is 42.4 Å². The molecule has 1 saturated heterocycles. The van der Waals surface area contributed by atoms with Crippen LogP contribution in [0.2, 0.25) is 0 Å². The molecule has 1 amide bonds. The van der Waals surface area contributed by atoms with E-state index in [0.717, 1.165) is 31.6 Å². The van der Waals surface area contributed by atoms with E-state index in [1.807, 2.05) is 10.4 Å². The Morgan fingerprint density at radius 2 is 2.53 bits per heavy atom. The minimum atomic E-state index is 0.111. The van der Waals surface area contributed by atoms with Crippen LogP contribution in [0.3, 0.4) is 0 Å². The van der Waals surface area contributed by atoms with Crippen LogP contribution in [0, 0.1) is 0 Å². The van der Waals surface area contributed by atoms with Crippen LogP contribution in [0.5, 0.6) is 0 Å². The molecule has 0 saturated carbocycles. The van der Waals surface area contributed by atoms with Crippen LogP contribution < -0.4 is 0 Å². The van der Waals surface area contributed by atoms with Gasteiger partial charge in [-0.15, -0.1) is 11.3 Å². The average Bonchev–Trinajstić information content (AvgIpc) is 2.74. The Morgan fingerprint density at radius 3 is 3.27 bits per heavy atom. The second-order valence-electron chi connectivity index (χ2n) is 3.52. The molecule has 0 unspecified atom stereocenters. The number of rotatable bonds is 4. The molecule has 0 aliphatic carbocycles. The molecule has 4 nitrogen and oxygen atoms in total. The van der Waals surface area contributed by atoms with E-state index in [2.05, 4.69) is 10.4 Å². The predicted molar refractivity (Wildman–Crippen MR) is 57.8 cm³/mol. The molecular weight excluding hydrogens is 212 g/mol. The van der Waals surface area contributed by atoms with Gasteiger partial charge in [-0.05, 0) is 12.8 Å². The number of nitrogens with zero attached hydrogens (tertiary/aromatic N) is 2. The van der Waals surface area contributed by atoms with Crippen molar-refractivity contribution >= 4 is 17.2 Å². The number of aryl methyl sites for hydroxylation is 1. The maximum absolute atomic E-state index is 11.4. The summed E-state index contributed by atoms with van der Waals surface area (Å²) in [6.45, 7) is 2.47. The van der Waals surface area contributed by atoms with Crippen LogP contribution in [-0.4, -0.2) is 42.1 Å². The lowest BCUT2D eigenvalue weighted by atomic mass is 10.2. The molecule has 0 N–H and O–H groups in total. The molecule has 15 heavy (non-hydrogen) atoms. The summed E-state index contributed by atoms with van der Waals surface area (Å²) in [7, 11) is 0. The summed E-state index contributed by atoms with van der Waals surface area (Å²) in [5, 5.41) is 2.06. The Morgan fingerprint density at radius 1 is 1.60 bits per heavy atom. The van der Waals surface area contributed by atoms with Crippen LogP contribution in [0.1, 0.15) is 12.1 Å². The number of morpholine rings is 1. The first kappa shape index (κ1) is 10.6. The quantitative estimate of drug-likeness (QED) is 0.767. The Hall–Kier alpha value is -0.940. The molecule has 1 aromatic rings. The molecule has 2 rings (SSSR count). The van der Waals surface area contributed by atoms with E-state index < -0.39 is 0 Å². The number of amides is 1. The van der Waals surface area contributed by atoms with Gasteiger partial charge >= 0.3 is 0 Å². The minimum Gasteiger partial charge on any atom is -0.370 e. The summed E-state index contributed by atoms with van der Waals surface area (Å²) in [6, 6.07) is 0. The molecule has 1 aliphatic heterocycles. The maximum atomic E-state index is 11.4. The van der Waals surface area contributed by atoms with Gasteiger partial charge in [0.15, 0.2) is 0 Å². The average molecular weight is 226 g/mol. The van der Waals surface area contributed by atoms with Crippen LogP contribution in [0.25, 0.3) is 0 Å². The molecular formula is C10H14N2O2S. The highest BCUT2D eigenvalue weighted by Gasteiger charge is 2.17. The van der Waals surface area contributed by atoms with Crippen molar-refractivity contribution in [1.29, 1.82) is 0 Å². The summed E-state index contributed by atoms with van der Waals surface area (Å²) in [6.07, 6.45) is 1.93. The molecule has 1 aromatic heterocycles. The largest absolute Gasteiger partial charge is 0.370 e. The number of carbonyl (C=O) groups is 1. The molecule has 1 aliphatic rings. The lowest BCUT2D eigenvalue weighted by molar-refractivity contribution is -0.142. The van der Waals surface area contributed by atoms with Crippen molar-refractivity contribution < 1.29 is 9.53 Å². The van der Waals surface area contributed by atoms with Gasteiger partial charge in [-0.2, -0.15) is 0 Å². The molecule has 5 heteroatoms. The zero-order chi connectivity index (χ0) is 10.5. The van der Waals surface area contributed by atoms with E-state index in [1.54, 1.807) is 11.3 Å². The molecule has 0 atom stereocenters. The van der Waals surface area contributed by atoms with E-state index in [1.165, 1.54) is 0 Å². The zero-order valence-electron chi connectivity index (χ0n) is 8.52. The van der Waals surface area contributed by atoms with Gasteiger partial charge in [0.25, 0.3) is 0 Å². The molecule has 2 heterocycles. The second kappa shape index (κ2) is 5.23. The van der Waals surface area contributed by atoms with Gasteiger partial charge in [-0.25, -0.2) is 4.98 Å². The van der Waals surface area contributed by atoms with Crippen molar-refractivity contribution in [2.45, 2.75) is 12.8 Å². The highest BCUT2D eigenvalue weighted by molar-refractivity contribution is 7.07. The lowest BCUT2D eigenvalue weighted by Gasteiger charge is -2.26. The van der Waals surface area contributed by atoms with Crippen LogP contribution in [0.4, 0.5) is 0 Å². The number of hydrogen-bond donors (Lipinski definition) is 0. The molecule has 0 aromatic carbocycles. The first-order chi connectivity index (χ1) is 7.36. The summed E-state index contributed by atoms with van der Waals surface area (Å²) in [4.78, 5) is 17.5. The summed E-state index contributed by atoms with van der Waals surface area (Å²) in [5.74, 6) is 0.111. The predicted octanol–water partition coefficient (Wildman–Crippen LogP) is 0.935. The van der Waals surface area contributed by atoms with Crippen LogP contribution in [0.15, 0.2) is 10.9 Å². The lowest BCUT2D eigenvalue weighted by Crippen LogP contribution is -2.42. The van der Waals surface area contributed by atoms with Crippen LogP contribution in [-0.2, 0) is 16.0 Å². The maximum Gasteiger partial charge on any atom is 0.248 e. The van der Waals surface area contributed by atoms with E-state index in [9.17, 15) is 4.79 Å². The van der Waals surface area contributed by atoms with Crippen molar-refractivity contribution in [1.82, 2.24) is 9.88 Å². The highest BCUT2D eigenvalue weighted by Crippen LogP contribution is 2.06. The van der Waals surface area contributed by atoms with Crippen molar-refractivity contribution in [2.75, 3.05) is 26.3 Å². The molecule has 82 valence electrons. The summed E-state index contributed by atoms with van der Waals surface area (Å²) in [5.41, 5.74) is 2.97. The SMILES string of the molecule is O=C1COCCN1CCCc1cscn1. The number of thiazole rings is 1. The Balaban J connectivity index is 1.71. The smallest absolute Gasteiger partial charge is 0.248 e. The number of aromatic nitrogens is 1. The van der Waals surface area contributed by atoms with E-state index >= 15 is 0 Å². The van der Waals surface area contributed by atoms with Gasteiger partial charge in [-0.3, -0.25) is 4.79 Å². The third-order valence-corrected chi connectivity index (χ3v) is 3.06. The molecule has 1 fully saturated rings. The Labute approximate surface area is 92.9 Å². The molecule has 0 bridgehead atoms. The Kier molecular flexibility index (Phi) is 3.69. The van der Waals surface area contributed by atoms with Crippen molar-refractivity contribution in [2.24, 2.45) is 0 Å². The number of ether oxygens (including phenoxy) is 1. The first-order valence-corrected chi connectivity index (χ1v) is 6.03. The third-order valence-electron chi connectivity index (χ3n) is 2.43. The third kappa shape index (κ3) is 3.00. The Bertz CT molecular complexity index is 313. The van der Waals surface area contributed by atoms with Gasteiger partial charge in [0.2, 0.25) is 5.91 Å². The van der Waals surface area contributed by atoms with Gasteiger partial charge in [0, 0.05) is 18.5 Å². The minimum absolute atomic E-state index is 0.111. The fourth-order valence-corrected chi connectivity index (χ4v) is 2.19. The van der Waals surface area contributed by atoms with E-state index in [4.69, 9.17) is 4.74 Å². The first-order valence-electron chi connectivity index (χ1n) is 5.09. The summed E-state index contributed by atoms with van der Waals surface area (Å²) >= 11 is 1.61. The van der Waals surface area contributed by atoms with Crippen molar-refractivity contribution in [3.8, 4) is 0 Å². The number of hydrogen-bond acceptors (Lipinski definition) is 4. The van der Waals surface area contributed by atoms with Crippen LogP contribution >= 0.6 is 11.3 Å². The number of carbonyl (C=O) groups excluding carboxylic acids is 1. The zero-order valence-corrected chi connectivity index (χ0v) is 9.33. The fourth-order valence-electron chi connectivity index (χ4n) is 1.60. The normalized spacial score (nSPS) is 17.1. The highest BCUT2D eigenvalue weighted by atomic mass is 32.1.